The fourth-order valence-electron chi connectivity index (χ4n) is 3.51. The van der Waals surface area contributed by atoms with Crippen LogP contribution in [-0.4, -0.2) is 16.2 Å². The van der Waals surface area contributed by atoms with Gasteiger partial charge in [-0.1, -0.05) is 30.7 Å². The van der Waals surface area contributed by atoms with Crippen LogP contribution < -0.4 is 10.6 Å². The lowest BCUT2D eigenvalue weighted by molar-refractivity contribution is 0.248. The Balaban J connectivity index is 1.42. The zero-order valence-corrected chi connectivity index (χ0v) is 15.2. The van der Waals surface area contributed by atoms with Crippen LogP contribution in [0.1, 0.15) is 42.3 Å². The first-order valence-corrected chi connectivity index (χ1v) is 9.25. The molecule has 6 heteroatoms. The summed E-state index contributed by atoms with van der Waals surface area (Å²) >= 11 is 0. The summed E-state index contributed by atoms with van der Waals surface area (Å²) in [6, 6.07) is 15.6. The van der Waals surface area contributed by atoms with Crippen LogP contribution in [0, 0.1) is 6.92 Å². The molecule has 0 bridgehead atoms. The number of amides is 2. The molecule has 3 aromatic rings. The Morgan fingerprint density at radius 3 is 2.67 bits per heavy atom. The minimum absolute atomic E-state index is 0.0457. The van der Waals surface area contributed by atoms with Crippen LogP contribution in [0.3, 0.4) is 0 Å². The van der Waals surface area contributed by atoms with Crippen molar-refractivity contribution in [2.24, 2.45) is 0 Å². The third-order valence-electron chi connectivity index (χ3n) is 4.84. The standard InChI is InChI=1S/C21H22N4O2/c1-14-24-25-20(27-14)16-10-12-17(13-11-16)22-21(26)23-19-9-5-3-7-15-6-2-4-8-18(15)19/h2,4,6,8,10-13,19H,3,5,7,9H2,1H3,(H2,22,23,26). The smallest absolute Gasteiger partial charge is 0.319 e. The molecule has 2 N–H and O–H groups in total. The number of hydrogen-bond acceptors (Lipinski definition) is 4. The average Bonchev–Trinajstić information content (AvgIpc) is 3.01. The number of rotatable bonds is 3. The summed E-state index contributed by atoms with van der Waals surface area (Å²) < 4.78 is 5.41. The van der Waals surface area contributed by atoms with Crippen LogP contribution in [0.25, 0.3) is 11.5 Å². The summed E-state index contributed by atoms with van der Waals surface area (Å²) in [5.74, 6) is 0.994. The number of carbonyl (C=O) groups is 1. The van der Waals surface area contributed by atoms with E-state index in [4.69, 9.17) is 4.42 Å². The number of aromatic nitrogens is 2. The Labute approximate surface area is 158 Å². The van der Waals surface area contributed by atoms with Gasteiger partial charge in [0.25, 0.3) is 0 Å². The Morgan fingerprint density at radius 2 is 1.89 bits per heavy atom. The molecule has 138 valence electrons. The van der Waals surface area contributed by atoms with Gasteiger partial charge in [-0.15, -0.1) is 10.2 Å². The van der Waals surface area contributed by atoms with E-state index in [1.807, 2.05) is 30.3 Å². The molecule has 2 aromatic carbocycles. The van der Waals surface area contributed by atoms with Crippen molar-refractivity contribution in [3.63, 3.8) is 0 Å². The number of benzene rings is 2. The van der Waals surface area contributed by atoms with Gasteiger partial charge in [0.05, 0.1) is 6.04 Å². The molecular weight excluding hydrogens is 340 g/mol. The van der Waals surface area contributed by atoms with Crippen molar-refractivity contribution in [3.8, 4) is 11.5 Å². The fraction of sp³-hybridized carbons (Fsp3) is 0.286. The number of urea groups is 1. The number of carbonyl (C=O) groups excluding carboxylic acids is 1. The Morgan fingerprint density at radius 1 is 1.07 bits per heavy atom. The molecule has 1 aliphatic carbocycles. The highest BCUT2D eigenvalue weighted by Gasteiger charge is 2.20. The highest BCUT2D eigenvalue weighted by molar-refractivity contribution is 5.89. The van der Waals surface area contributed by atoms with Crippen LogP contribution >= 0.6 is 0 Å². The summed E-state index contributed by atoms with van der Waals surface area (Å²) in [5.41, 5.74) is 4.10. The zero-order valence-electron chi connectivity index (χ0n) is 15.2. The quantitative estimate of drug-likeness (QED) is 0.666. The molecule has 1 aromatic heterocycles. The van der Waals surface area contributed by atoms with Gasteiger partial charge >= 0.3 is 6.03 Å². The van der Waals surface area contributed by atoms with Crippen LogP contribution in [0.2, 0.25) is 0 Å². The van der Waals surface area contributed by atoms with Crippen molar-refractivity contribution >= 4 is 11.7 Å². The van der Waals surface area contributed by atoms with E-state index >= 15 is 0 Å². The number of anilines is 1. The normalized spacial score (nSPS) is 16.3. The van der Waals surface area contributed by atoms with Crippen molar-refractivity contribution in [1.29, 1.82) is 0 Å². The molecule has 1 unspecified atom stereocenters. The van der Waals surface area contributed by atoms with E-state index in [0.29, 0.717) is 11.8 Å². The van der Waals surface area contributed by atoms with Gasteiger partial charge in [0.1, 0.15) is 0 Å². The molecule has 1 heterocycles. The van der Waals surface area contributed by atoms with Gasteiger partial charge in [-0.25, -0.2) is 4.79 Å². The van der Waals surface area contributed by atoms with Crippen LogP contribution in [0.5, 0.6) is 0 Å². The molecule has 0 radical (unpaired) electrons. The summed E-state index contributed by atoms with van der Waals surface area (Å²) in [5, 5.41) is 13.9. The first-order chi connectivity index (χ1) is 13.2. The summed E-state index contributed by atoms with van der Waals surface area (Å²) in [7, 11) is 0. The molecule has 27 heavy (non-hydrogen) atoms. The summed E-state index contributed by atoms with van der Waals surface area (Å²) in [6.45, 7) is 1.75. The van der Waals surface area contributed by atoms with Gasteiger partial charge in [-0.05, 0) is 54.7 Å². The number of nitrogens with zero attached hydrogens (tertiary/aromatic N) is 2. The predicted octanol–water partition coefficient (Wildman–Crippen LogP) is 4.63. The Hall–Kier alpha value is -3.15. The lowest BCUT2D eigenvalue weighted by Crippen LogP contribution is -2.32. The molecule has 0 saturated heterocycles. The third kappa shape index (κ3) is 4.00. The predicted molar refractivity (Wildman–Crippen MR) is 103 cm³/mol. The third-order valence-corrected chi connectivity index (χ3v) is 4.84. The first-order valence-electron chi connectivity index (χ1n) is 9.25. The zero-order chi connectivity index (χ0) is 18.6. The summed E-state index contributed by atoms with van der Waals surface area (Å²) in [6.07, 6.45) is 4.30. The topological polar surface area (TPSA) is 80.0 Å². The Kier molecular flexibility index (Phi) is 4.87. The van der Waals surface area contributed by atoms with E-state index in [9.17, 15) is 4.79 Å². The van der Waals surface area contributed by atoms with Crippen LogP contribution in [0.4, 0.5) is 10.5 Å². The second-order valence-corrected chi connectivity index (χ2v) is 6.80. The second-order valence-electron chi connectivity index (χ2n) is 6.80. The van der Waals surface area contributed by atoms with Crippen molar-refractivity contribution in [2.45, 2.75) is 38.6 Å². The highest BCUT2D eigenvalue weighted by atomic mass is 16.4. The molecule has 2 amide bonds. The first kappa shape index (κ1) is 17.3. The van der Waals surface area contributed by atoms with Crippen LogP contribution in [-0.2, 0) is 6.42 Å². The van der Waals surface area contributed by atoms with E-state index in [0.717, 1.165) is 36.9 Å². The van der Waals surface area contributed by atoms with Crippen molar-refractivity contribution in [2.75, 3.05) is 5.32 Å². The maximum absolute atomic E-state index is 12.5. The molecule has 6 nitrogen and oxygen atoms in total. The molecule has 1 aliphatic rings. The second kappa shape index (κ2) is 7.61. The lowest BCUT2D eigenvalue weighted by atomic mass is 9.99. The molecule has 4 rings (SSSR count). The molecule has 0 spiro atoms. The summed E-state index contributed by atoms with van der Waals surface area (Å²) in [4.78, 5) is 12.5. The van der Waals surface area contributed by atoms with E-state index in [1.165, 1.54) is 11.1 Å². The average molecular weight is 362 g/mol. The lowest BCUT2D eigenvalue weighted by Gasteiger charge is -2.19. The van der Waals surface area contributed by atoms with Crippen molar-refractivity contribution < 1.29 is 9.21 Å². The van der Waals surface area contributed by atoms with Gasteiger partial charge in [0.15, 0.2) is 0 Å². The van der Waals surface area contributed by atoms with Gasteiger partial charge in [0, 0.05) is 18.2 Å². The monoisotopic (exact) mass is 362 g/mol. The van der Waals surface area contributed by atoms with E-state index in [2.05, 4.69) is 39.0 Å². The van der Waals surface area contributed by atoms with Gasteiger partial charge < -0.3 is 15.1 Å². The minimum atomic E-state index is -0.196. The number of hydrogen-bond donors (Lipinski definition) is 2. The fourth-order valence-corrected chi connectivity index (χ4v) is 3.51. The highest BCUT2D eigenvalue weighted by Crippen LogP contribution is 2.28. The molecule has 0 saturated carbocycles. The minimum Gasteiger partial charge on any atom is -0.421 e. The van der Waals surface area contributed by atoms with Gasteiger partial charge in [-0.3, -0.25) is 0 Å². The van der Waals surface area contributed by atoms with Crippen molar-refractivity contribution in [1.82, 2.24) is 15.5 Å². The van der Waals surface area contributed by atoms with Crippen LogP contribution in [0.15, 0.2) is 52.9 Å². The number of aryl methyl sites for hydroxylation is 2. The molecule has 1 atom stereocenters. The maximum atomic E-state index is 12.5. The SMILES string of the molecule is Cc1nnc(-c2ccc(NC(=O)NC3CCCCc4ccccc43)cc2)o1. The molecular formula is C21H22N4O2. The van der Waals surface area contributed by atoms with Crippen molar-refractivity contribution in [3.05, 3.63) is 65.5 Å². The van der Waals surface area contributed by atoms with E-state index in [-0.39, 0.29) is 12.1 Å². The van der Waals surface area contributed by atoms with Gasteiger partial charge in [0.2, 0.25) is 11.8 Å². The number of fused-ring (bicyclic) bond motifs is 1. The Bertz CT molecular complexity index is 933. The molecule has 0 aliphatic heterocycles. The van der Waals surface area contributed by atoms with Gasteiger partial charge in [-0.2, -0.15) is 0 Å². The molecule has 0 fully saturated rings. The van der Waals surface area contributed by atoms with E-state index < -0.39 is 0 Å². The number of nitrogens with one attached hydrogen (secondary N) is 2. The largest absolute Gasteiger partial charge is 0.421 e. The maximum Gasteiger partial charge on any atom is 0.319 e. The van der Waals surface area contributed by atoms with E-state index in [1.54, 1.807) is 6.92 Å².